The van der Waals surface area contributed by atoms with E-state index < -0.39 is 4.92 Å². The van der Waals surface area contributed by atoms with Gasteiger partial charge in [0.05, 0.1) is 15.1 Å². The molecule has 1 aromatic heterocycles. The maximum atomic E-state index is 10.6. The third-order valence-corrected chi connectivity index (χ3v) is 2.94. The molecule has 2 rings (SSSR count). The first-order valence-corrected chi connectivity index (χ1v) is 5.69. The SMILES string of the molecule is CC(C)Nc1nc2ccc([N+](=O)[O-])cc2s1. The van der Waals surface area contributed by atoms with Crippen LogP contribution >= 0.6 is 11.3 Å². The van der Waals surface area contributed by atoms with Gasteiger partial charge in [0.2, 0.25) is 0 Å². The van der Waals surface area contributed by atoms with Crippen molar-refractivity contribution in [3.63, 3.8) is 0 Å². The van der Waals surface area contributed by atoms with Crippen molar-refractivity contribution in [3.8, 4) is 0 Å². The molecule has 1 N–H and O–H groups in total. The molecular weight excluding hydrogens is 226 g/mol. The molecule has 5 nitrogen and oxygen atoms in total. The van der Waals surface area contributed by atoms with E-state index in [9.17, 15) is 10.1 Å². The third-order valence-electron chi connectivity index (χ3n) is 1.99. The first-order chi connectivity index (χ1) is 7.56. The quantitative estimate of drug-likeness (QED) is 0.658. The van der Waals surface area contributed by atoms with Crippen LogP contribution in [0.15, 0.2) is 18.2 Å². The van der Waals surface area contributed by atoms with Gasteiger partial charge in [0.15, 0.2) is 5.13 Å². The molecular formula is C10H11N3O2S. The number of thiazole rings is 1. The fourth-order valence-electron chi connectivity index (χ4n) is 1.34. The number of nitrogens with zero attached hydrogens (tertiary/aromatic N) is 2. The summed E-state index contributed by atoms with van der Waals surface area (Å²) >= 11 is 1.43. The van der Waals surface area contributed by atoms with Crippen molar-refractivity contribution in [1.29, 1.82) is 0 Å². The van der Waals surface area contributed by atoms with Crippen LogP contribution in [0.3, 0.4) is 0 Å². The molecule has 1 aromatic carbocycles. The summed E-state index contributed by atoms with van der Waals surface area (Å²) in [7, 11) is 0. The highest BCUT2D eigenvalue weighted by atomic mass is 32.1. The van der Waals surface area contributed by atoms with Gasteiger partial charge in [-0.3, -0.25) is 10.1 Å². The van der Waals surface area contributed by atoms with E-state index in [1.165, 1.54) is 17.4 Å². The van der Waals surface area contributed by atoms with Crippen molar-refractivity contribution in [2.45, 2.75) is 19.9 Å². The fraction of sp³-hybridized carbons (Fsp3) is 0.300. The number of non-ortho nitro benzene ring substituents is 1. The van der Waals surface area contributed by atoms with E-state index in [4.69, 9.17) is 0 Å². The highest BCUT2D eigenvalue weighted by Gasteiger charge is 2.10. The molecule has 2 aromatic rings. The average molecular weight is 237 g/mol. The zero-order valence-electron chi connectivity index (χ0n) is 8.93. The molecule has 16 heavy (non-hydrogen) atoms. The third kappa shape index (κ3) is 2.11. The molecule has 0 aliphatic heterocycles. The summed E-state index contributed by atoms with van der Waals surface area (Å²) in [6.07, 6.45) is 0. The van der Waals surface area contributed by atoms with E-state index >= 15 is 0 Å². The predicted molar refractivity (Wildman–Crippen MR) is 65.0 cm³/mol. The van der Waals surface area contributed by atoms with E-state index in [1.54, 1.807) is 12.1 Å². The number of anilines is 1. The predicted octanol–water partition coefficient (Wildman–Crippen LogP) is 3.02. The van der Waals surface area contributed by atoms with Gasteiger partial charge in [0.1, 0.15) is 0 Å². The van der Waals surface area contributed by atoms with Crippen molar-refractivity contribution in [3.05, 3.63) is 28.3 Å². The van der Waals surface area contributed by atoms with E-state index in [0.29, 0.717) is 6.04 Å². The van der Waals surface area contributed by atoms with Gasteiger partial charge in [0, 0.05) is 18.2 Å². The van der Waals surface area contributed by atoms with Gasteiger partial charge < -0.3 is 5.32 Å². The minimum Gasteiger partial charge on any atom is -0.359 e. The summed E-state index contributed by atoms with van der Waals surface area (Å²) in [4.78, 5) is 14.5. The molecule has 0 amide bonds. The maximum Gasteiger partial charge on any atom is 0.270 e. The Bertz CT molecular complexity index is 536. The Labute approximate surface area is 96.3 Å². The lowest BCUT2D eigenvalue weighted by molar-refractivity contribution is -0.384. The van der Waals surface area contributed by atoms with Crippen LogP contribution in [-0.4, -0.2) is 15.9 Å². The van der Waals surface area contributed by atoms with Crippen LogP contribution < -0.4 is 5.32 Å². The minimum atomic E-state index is -0.394. The highest BCUT2D eigenvalue weighted by molar-refractivity contribution is 7.22. The summed E-state index contributed by atoms with van der Waals surface area (Å²) in [5, 5.41) is 14.6. The molecule has 84 valence electrons. The number of aromatic nitrogens is 1. The number of benzene rings is 1. The lowest BCUT2D eigenvalue weighted by Gasteiger charge is -2.03. The zero-order valence-corrected chi connectivity index (χ0v) is 9.75. The normalized spacial score (nSPS) is 10.9. The molecule has 0 unspecified atom stereocenters. The van der Waals surface area contributed by atoms with Gasteiger partial charge >= 0.3 is 0 Å². The van der Waals surface area contributed by atoms with Gasteiger partial charge in [-0.15, -0.1) is 0 Å². The Morgan fingerprint density at radius 3 is 2.88 bits per heavy atom. The Hall–Kier alpha value is -1.69. The molecule has 6 heteroatoms. The second-order valence-corrected chi connectivity index (χ2v) is 4.76. The number of nitro groups is 1. The molecule has 1 heterocycles. The van der Waals surface area contributed by atoms with Gasteiger partial charge in [-0.1, -0.05) is 11.3 Å². The van der Waals surface area contributed by atoms with Crippen LogP contribution in [0, 0.1) is 10.1 Å². The second kappa shape index (κ2) is 4.05. The van der Waals surface area contributed by atoms with Crippen LogP contribution in [0.1, 0.15) is 13.8 Å². The Morgan fingerprint density at radius 1 is 1.50 bits per heavy atom. The summed E-state index contributed by atoms with van der Waals surface area (Å²) < 4.78 is 0.831. The number of fused-ring (bicyclic) bond motifs is 1. The standard InChI is InChI=1S/C10H11N3O2S/c1-6(2)11-10-12-8-4-3-7(13(14)15)5-9(8)16-10/h3-6H,1-2H3,(H,11,12). The van der Waals surface area contributed by atoms with Gasteiger partial charge in [-0.2, -0.15) is 0 Å². The van der Waals surface area contributed by atoms with E-state index in [-0.39, 0.29) is 5.69 Å². The maximum absolute atomic E-state index is 10.6. The van der Waals surface area contributed by atoms with E-state index in [2.05, 4.69) is 10.3 Å². The first-order valence-electron chi connectivity index (χ1n) is 4.88. The van der Waals surface area contributed by atoms with Crippen molar-refractivity contribution >= 4 is 32.4 Å². The molecule has 0 spiro atoms. The summed E-state index contributed by atoms with van der Waals surface area (Å²) in [6, 6.07) is 5.00. The van der Waals surface area contributed by atoms with Gasteiger partial charge in [-0.05, 0) is 19.9 Å². The van der Waals surface area contributed by atoms with Crippen LogP contribution in [0.5, 0.6) is 0 Å². The molecule has 0 aliphatic rings. The average Bonchev–Trinajstić information content (AvgIpc) is 2.56. The molecule has 0 atom stereocenters. The molecule has 0 aliphatic carbocycles. The lowest BCUT2D eigenvalue weighted by Crippen LogP contribution is -2.08. The fourth-order valence-corrected chi connectivity index (χ4v) is 2.38. The lowest BCUT2D eigenvalue weighted by atomic mass is 10.3. The van der Waals surface area contributed by atoms with Crippen molar-refractivity contribution in [1.82, 2.24) is 4.98 Å². The van der Waals surface area contributed by atoms with Crippen LogP contribution in [0.25, 0.3) is 10.2 Å². The van der Waals surface area contributed by atoms with Crippen LogP contribution in [-0.2, 0) is 0 Å². The molecule has 0 fully saturated rings. The van der Waals surface area contributed by atoms with Gasteiger partial charge in [0.25, 0.3) is 5.69 Å². The largest absolute Gasteiger partial charge is 0.359 e. The molecule has 0 saturated carbocycles. The number of hydrogen-bond acceptors (Lipinski definition) is 5. The zero-order chi connectivity index (χ0) is 11.7. The monoisotopic (exact) mass is 237 g/mol. The molecule has 0 radical (unpaired) electrons. The van der Waals surface area contributed by atoms with Gasteiger partial charge in [-0.25, -0.2) is 4.98 Å². The smallest absolute Gasteiger partial charge is 0.270 e. The van der Waals surface area contributed by atoms with Crippen molar-refractivity contribution < 1.29 is 4.92 Å². The number of rotatable bonds is 3. The van der Waals surface area contributed by atoms with Crippen molar-refractivity contribution in [2.24, 2.45) is 0 Å². The number of hydrogen-bond donors (Lipinski definition) is 1. The number of nitro benzene ring substituents is 1. The van der Waals surface area contributed by atoms with E-state index in [1.807, 2.05) is 13.8 Å². The van der Waals surface area contributed by atoms with Crippen LogP contribution in [0.4, 0.5) is 10.8 Å². The Kier molecular flexibility index (Phi) is 2.74. The summed E-state index contributed by atoms with van der Waals surface area (Å²) in [6.45, 7) is 4.04. The number of nitrogens with one attached hydrogen (secondary N) is 1. The Balaban J connectivity index is 2.42. The Morgan fingerprint density at radius 2 is 2.25 bits per heavy atom. The summed E-state index contributed by atoms with van der Waals surface area (Å²) in [5.41, 5.74) is 0.894. The highest BCUT2D eigenvalue weighted by Crippen LogP contribution is 2.29. The van der Waals surface area contributed by atoms with E-state index in [0.717, 1.165) is 15.3 Å². The molecule has 0 saturated heterocycles. The van der Waals surface area contributed by atoms with Crippen LogP contribution in [0.2, 0.25) is 0 Å². The second-order valence-electron chi connectivity index (χ2n) is 3.73. The first kappa shape index (κ1) is 10.8. The minimum absolute atomic E-state index is 0.104. The van der Waals surface area contributed by atoms with Crippen molar-refractivity contribution in [2.75, 3.05) is 5.32 Å². The topological polar surface area (TPSA) is 68.1 Å². The molecule has 0 bridgehead atoms. The summed E-state index contributed by atoms with van der Waals surface area (Å²) in [5.74, 6) is 0.